The zero-order chi connectivity index (χ0) is 14.5. The summed E-state index contributed by atoms with van der Waals surface area (Å²) >= 11 is 0. The van der Waals surface area contributed by atoms with E-state index in [1.54, 1.807) is 4.90 Å². The topological polar surface area (TPSA) is 58.6 Å². The Labute approximate surface area is 114 Å². The van der Waals surface area contributed by atoms with Gasteiger partial charge in [-0.15, -0.1) is 0 Å². The van der Waals surface area contributed by atoms with Crippen LogP contribution in [-0.4, -0.2) is 48.1 Å². The Kier molecular flexibility index (Phi) is 3.16. The maximum atomic E-state index is 12.2. The number of hydrogen-bond donors (Lipinski definition) is 1. The van der Waals surface area contributed by atoms with Crippen molar-refractivity contribution in [2.75, 3.05) is 20.1 Å². The summed E-state index contributed by atoms with van der Waals surface area (Å²) in [6, 6.07) is 0. The number of rotatable bonds is 1. The smallest absolute Gasteiger partial charge is 0.410 e. The maximum absolute atomic E-state index is 12.2. The lowest BCUT2D eigenvalue weighted by atomic mass is 9.76. The predicted molar refractivity (Wildman–Crippen MR) is 71.9 cm³/mol. The van der Waals surface area contributed by atoms with Crippen LogP contribution in [0.1, 0.15) is 40.5 Å². The van der Waals surface area contributed by atoms with Gasteiger partial charge >= 0.3 is 6.09 Å². The number of carbonyl (C=O) groups is 2. The Morgan fingerprint density at radius 3 is 2.42 bits per heavy atom. The molecule has 1 amide bonds. The van der Waals surface area contributed by atoms with Gasteiger partial charge in [-0.05, 0) is 27.8 Å². The zero-order valence-electron chi connectivity index (χ0n) is 12.5. The molecule has 0 spiro atoms. The first-order chi connectivity index (χ1) is 8.61. The quantitative estimate of drug-likeness (QED) is 0.784. The van der Waals surface area contributed by atoms with Crippen molar-refractivity contribution in [2.45, 2.75) is 51.7 Å². The van der Waals surface area contributed by atoms with Crippen LogP contribution in [0.4, 0.5) is 4.79 Å². The van der Waals surface area contributed by atoms with Gasteiger partial charge in [0.1, 0.15) is 11.4 Å². The summed E-state index contributed by atoms with van der Waals surface area (Å²) in [5, 5.41) is 3.29. The summed E-state index contributed by atoms with van der Waals surface area (Å²) in [6.45, 7) is 8.79. The average Bonchev–Trinajstić information content (AvgIpc) is 2.61. The minimum absolute atomic E-state index is 0.185. The Morgan fingerprint density at radius 1 is 1.32 bits per heavy atom. The highest BCUT2D eigenvalue weighted by molar-refractivity contribution is 5.85. The van der Waals surface area contributed by atoms with Crippen LogP contribution < -0.4 is 5.32 Å². The molecule has 1 N–H and O–H groups in total. The number of fused-ring (bicyclic) bond motifs is 1. The molecule has 0 aromatic heterocycles. The fourth-order valence-corrected chi connectivity index (χ4v) is 3.40. The molecule has 1 saturated carbocycles. The van der Waals surface area contributed by atoms with Gasteiger partial charge in [0.2, 0.25) is 0 Å². The highest BCUT2D eigenvalue weighted by Crippen LogP contribution is 2.49. The van der Waals surface area contributed by atoms with Crippen LogP contribution in [0.15, 0.2) is 0 Å². The van der Waals surface area contributed by atoms with Gasteiger partial charge in [-0.3, -0.25) is 4.79 Å². The minimum atomic E-state index is -0.488. The molecule has 0 aromatic carbocycles. The number of carbonyl (C=O) groups excluding carboxylic acids is 2. The van der Waals surface area contributed by atoms with Crippen molar-refractivity contribution in [3.05, 3.63) is 0 Å². The fraction of sp³-hybridized carbons (Fsp3) is 0.857. The van der Waals surface area contributed by atoms with E-state index in [4.69, 9.17) is 4.74 Å². The minimum Gasteiger partial charge on any atom is -0.444 e. The lowest BCUT2D eigenvalue weighted by Gasteiger charge is -2.34. The van der Waals surface area contributed by atoms with E-state index in [1.165, 1.54) is 0 Å². The Hall–Kier alpha value is -1.10. The van der Waals surface area contributed by atoms with E-state index in [0.717, 1.165) is 0 Å². The fourth-order valence-electron chi connectivity index (χ4n) is 3.40. The number of hydrogen-bond acceptors (Lipinski definition) is 4. The van der Waals surface area contributed by atoms with E-state index in [9.17, 15) is 9.59 Å². The van der Waals surface area contributed by atoms with Crippen LogP contribution in [0.2, 0.25) is 0 Å². The van der Waals surface area contributed by atoms with E-state index >= 15 is 0 Å². The van der Waals surface area contributed by atoms with E-state index in [2.05, 4.69) is 12.2 Å². The van der Waals surface area contributed by atoms with Crippen molar-refractivity contribution in [3.63, 3.8) is 0 Å². The van der Waals surface area contributed by atoms with Crippen molar-refractivity contribution in [1.82, 2.24) is 10.2 Å². The van der Waals surface area contributed by atoms with Crippen molar-refractivity contribution in [3.8, 4) is 0 Å². The van der Waals surface area contributed by atoms with Gasteiger partial charge in [0, 0.05) is 31.3 Å². The lowest BCUT2D eigenvalue weighted by Crippen LogP contribution is -2.52. The molecule has 5 heteroatoms. The van der Waals surface area contributed by atoms with E-state index < -0.39 is 5.60 Å². The van der Waals surface area contributed by atoms with Crippen LogP contribution in [0.25, 0.3) is 0 Å². The van der Waals surface area contributed by atoms with Gasteiger partial charge in [-0.2, -0.15) is 0 Å². The standard InChI is InChI=1S/C14H24N2O3/c1-12(2,3)19-11(18)16-8-13(4)6-10(17)7-14(13,9-16)15-5/h15H,6-9H2,1-5H3. The Balaban J connectivity index is 2.15. The van der Waals surface area contributed by atoms with Gasteiger partial charge in [0.15, 0.2) is 0 Å². The summed E-state index contributed by atoms with van der Waals surface area (Å²) in [5.74, 6) is 0.278. The molecule has 19 heavy (non-hydrogen) atoms. The number of ether oxygens (including phenoxy) is 1. The number of likely N-dealkylation sites (tertiary alicyclic amines) is 1. The number of amides is 1. The molecule has 2 fully saturated rings. The third-order valence-electron chi connectivity index (χ3n) is 4.37. The monoisotopic (exact) mass is 268 g/mol. The number of nitrogens with one attached hydrogen (secondary N) is 1. The molecule has 1 aliphatic carbocycles. The molecule has 0 radical (unpaired) electrons. The van der Waals surface area contributed by atoms with Gasteiger partial charge in [0.25, 0.3) is 0 Å². The maximum Gasteiger partial charge on any atom is 0.410 e. The first-order valence-corrected chi connectivity index (χ1v) is 6.79. The van der Waals surface area contributed by atoms with Crippen LogP contribution in [0.5, 0.6) is 0 Å². The second-order valence-electron chi connectivity index (χ2n) is 7.12. The zero-order valence-corrected chi connectivity index (χ0v) is 12.5. The number of Topliss-reactive ketones (excluding diaryl/α,β-unsaturated/α-hetero) is 1. The van der Waals surface area contributed by atoms with E-state index in [0.29, 0.717) is 25.9 Å². The second-order valence-corrected chi connectivity index (χ2v) is 7.12. The SMILES string of the molecule is CNC12CC(=O)CC1(C)CN(C(=O)OC(C)(C)C)C2. The number of likely N-dealkylation sites (N-methyl/N-ethyl adjacent to an activating group) is 1. The number of ketones is 1. The third kappa shape index (κ3) is 2.36. The number of nitrogens with zero attached hydrogens (tertiary/aromatic N) is 1. The van der Waals surface area contributed by atoms with Crippen molar-refractivity contribution in [2.24, 2.45) is 5.41 Å². The summed E-state index contributed by atoms with van der Waals surface area (Å²) in [5.41, 5.74) is -0.963. The van der Waals surface area contributed by atoms with Gasteiger partial charge in [0.05, 0.1) is 5.54 Å². The summed E-state index contributed by atoms with van der Waals surface area (Å²) in [6.07, 6.45) is 0.747. The first kappa shape index (κ1) is 14.3. The van der Waals surface area contributed by atoms with E-state index in [1.807, 2.05) is 27.8 Å². The molecule has 2 unspecified atom stereocenters. The van der Waals surface area contributed by atoms with Gasteiger partial charge in [-0.1, -0.05) is 6.92 Å². The normalized spacial score (nSPS) is 34.6. The van der Waals surface area contributed by atoms with Crippen LogP contribution in [0, 0.1) is 5.41 Å². The van der Waals surface area contributed by atoms with Gasteiger partial charge in [-0.25, -0.2) is 4.79 Å². The predicted octanol–water partition coefficient (Wildman–Crippen LogP) is 1.56. The molecular formula is C14H24N2O3. The molecule has 2 aliphatic rings. The molecule has 1 heterocycles. The van der Waals surface area contributed by atoms with Crippen LogP contribution >= 0.6 is 0 Å². The molecule has 1 saturated heterocycles. The summed E-state index contributed by atoms with van der Waals surface area (Å²) in [4.78, 5) is 25.7. The van der Waals surface area contributed by atoms with E-state index in [-0.39, 0.29) is 22.8 Å². The molecular weight excluding hydrogens is 244 g/mol. The molecule has 108 valence electrons. The largest absolute Gasteiger partial charge is 0.444 e. The van der Waals surface area contributed by atoms with Crippen LogP contribution in [0.3, 0.4) is 0 Å². The van der Waals surface area contributed by atoms with Gasteiger partial charge < -0.3 is 15.0 Å². The van der Waals surface area contributed by atoms with Crippen molar-refractivity contribution >= 4 is 11.9 Å². The highest BCUT2D eigenvalue weighted by Gasteiger charge is 2.61. The highest BCUT2D eigenvalue weighted by atomic mass is 16.6. The van der Waals surface area contributed by atoms with Crippen molar-refractivity contribution in [1.29, 1.82) is 0 Å². The van der Waals surface area contributed by atoms with Crippen LogP contribution in [-0.2, 0) is 9.53 Å². The third-order valence-corrected chi connectivity index (χ3v) is 4.37. The Morgan fingerprint density at radius 2 is 1.95 bits per heavy atom. The second kappa shape index (κ2) is 4.20. The lowest BCUT2D eigenvalue weighted by molar-refractivity contribution is -0.118. The molecule has 0 bridgehead atoms. The van der Waals surface area contributed by atoms with Crippen molar-refractivity contribution < 1.29 is 14.3 Å². The molecule has 2 atom stereocenters. The summed E-state index contributed by atoms with van der Waals surface area (Å²) in [7, 11) is 1.87. The molecule has 5 nitrogen and oxygen atoms in total. The molecule has 1 aliphatic heterocycles. The molecule has 2 rings (SSSR count). The Bertz CT molecular complexity index is 415. The average molecular weight is 268 g/mol. The molecule has 0 aromatic rings. The summed E-state index contributed by atoms with van der Waals surface area (Å²) < 4.78 is 5.42. The first-order valence-electron chi connectivity index (χ1n) is 6.79.